The Bertz CT molecular complexity index is 668. The van der Waals surface area contributed by atoms with Gasteiger partial charge in [-0.15, -0.1) is 0 Å². The summed E-state index contributed by atoms with van der Waals surface area (Å²) in [5.74, 6) is -0.0537. The van der Waals surface area contributed by atoms with Gasteiger partial charge in [-0.2, -0.15) is 0 Å². The van der Waals surface area contributed by atoms with Gasteiger partial charge in [0.25, 0.3) is 0 Å². The molecule has 0 saturated heterocycles. The molecule has 0 aliphatic heterocycles. The zero-order valence-corrected chi connectivity index (χ0v) is 29.6. The maximum Gasteiger partial charge on any atom is 0.312 e. The number of unbranched alkanes of at least 4 members (excludes halogenated alkanes) is 13. The highest BCUT2D eigenvalue weighted by Crippen LogP contribution is 2.19. The molecule has 0 aliphatic carbocycles. The van der Waals surface area contributed by atoms with Crippen molar-refractivity contribution < 1.29 is 24.2 Å². The maximum atomic E-state index is 12.6. The topological polar surface area (TPSA) is 76.1 Å². The number of aliphatic hydroxyl groups excluding tert-OH is 1. The molecule has 6 heteroatoms. The molecule has 0 amide bonds. The molecule has 0 bridgehead atoms. The Morgan fingerprint density at radius 2 is 1.11 bits per heavy atom. The van der Waals surface area contributed by atoms with E-state index in [1.54, 1.807) is 0 Å². The zero-order chi connectivity index (χ0) is 32.5. The summed E-state index contributed by atoms with van der Waals surface area (Å²) >= 11 is 0. The number of carbonyl (C=O) groups excluding carboxylic acids is 2. The van der Waals surface area contributed by atoms with Crippen LogP contribution < -0.4 is 0 Å². The number of allylic oxidation sites excluding steroid dienone is 1. The second-order valence-electron chi connectivity index (χ2n) is 12.7. The molecular formula is C38H73NO5. The van der Waals surface area contributed by atoms with Crippen molar-refractivity contribution in [1.29, 1.82) is 0 Å². The first kappa shape index (κ1) is 42.6. The molecule has 6 nitrogen and oxygen atoms in total. The molecule has 0 aliphatic rings. The van der Waals surface area contributed by atoms with Gasteiger partial charge < -0.3 is 19.5 Å². The van der Waals surface area contributed by atoms with Crippen LogP contribution in [0.3, 0.4) is 0 Å². The van der Waals surface area contributed by atoms with Gasteiger partial charge in [-0.3, -0.25) is 9.59 Å². The predicted octanol–water partition coefficient (Wildman–Crippen LogP) is 9.82. The molecule has 0 radical (unpaired) electrons. The number of ether oxygens (including phenoxy) is 2. The molecule has 0 aromatic rings. The first-order valence-corrected chi connectivity index (χ1v) is 18.9. The highest BCUT2D eigenvalue weighted by molar-refractivity contribution is 5.74. The first-order valence-electron chi connectivity index (χ1n) is 18.9. The molecule has 44 heavy (non-hydrogen) atoms. The number of nitrogens with zero attached hydrogens (tertiary/aromatic N) is 1. The minimum absolute atomic E-state index is 0.0216. The molecule has 260 valence electrons. The van der Waals surface area contributed by atoms with Crippen molar-refractivity contribution in [3.8, 4) is 0 Å². The third kappa shape index (κ3) is 25.9. The third-order valence-corrected chi connectivity index (χ3v) is 8.55. The molecule has 0 heterocycles. The van der Waals surface area contributed by atoms with Crippen LogP contribution in [0.5, 0.6) is 0 Å². The van der Waals surface area contributed by atoms with E-state index in [9.17, 15) is 14.7 Å². The standard InChI is InChI=1S/C38H73NO5/c1-5-9-13-19-27-35(25-11-7-3)37(41)43-33-23-17-15-21-29-39(31-32-40)30-22-16-18-24-34-44-38(42)36(26-12-8-4)28-20-14-10-6-2/h19,27,35-36,40H,5-18,20-26,28-34H2,1-4H3/b27-19+. The van der Waals surface area contributed by atoms with Crippen LogP contribution in [0.2, 0.25) is 0 Å². The number of hydrogen-bond donors (Lipinski definition) is 1. The van der Waals surface area contributed by atoms with Gasteiger partial charge in [-0.05, 0) is 64.5 Å². The first-order chi connectivity index (χ1) is 21.5. The summed E-state index contributed by atoms with van der Waals surface area (Å²) < 4.78 is 11.3. The van der Waals surface area contributed by atoms with Crippen molar-refractivity contribution in [2.45, 2.75) is 169 Å². The van der Waals surface area contributed by atoms with Crippen molar-refractivity contribution >= 4 is 11.9 Å². The Morgan fingerprint density at radius 1 is 0.591 bits per heavy atom. The predicted molar refractivity (Wildman–Crippen MR) is 186 cm³/mol. The number of rotatable bonds is 33. The summed E-state index contributed by atoms with van der Waals surface area (Å²) in [4.78, 5) is 27.5. The van der Waals surface area contributed by atoms with Gasteiger partial charge in [0.15, 0.2) is 0 Å². The Morgan fingerprint density at radius 3 is 1.70 bits per heavy atom. The van der Waals surface area contributed by atoms with Crippen LogP contribution in [-0.2, 0) is 19.1 Å². The summed E-state index contributed by atoms with van der Waals surface area (Å²) in [6.45, 7) is 12.7. The lowest BCUT2D eigenvalue weighted by atomic mass is 9.95. The Hall–Kier alpha value is -1.40. The minimum atomic E-state index is -0.0955. The van der Waals surface area contributed by atoms with E-state index in [2.05, 4.69) is 44.7 Å². The molecule has 0 aromatic heterocycles. The fourth-order valence-electron chi connectivity index (χ4n) is 5.58. The Kier molecular flexibility index (Phi) is 31.9. The molecule has 2 unspecified atom stereocenters. The van der Waals surface area contributed by atoms with E-state index >= 15 is 0 Å². The van der Waals surface area contributed by atoms with E-state index in [-0.39, 0.29) is 30.4 Å². The number of aliphatic hydroxyl groups is 1. The van der Waals surface area contributed by atoms with E-state index in [1.165, 1.54) is 32.1 Å². The molecule has 0 rings (SSSR count). The van der Waals surface area contributed by atoms with Crippen molar-refractivity contribution in [2.75, 3.05) is 39.5 Å². The second-order valence-corrected chi connectivity index (χ2v) is 12.7. The van der Waals surface area contributed by atoms with Crippen LogP contribution in [0.15, 0.2) is 12.2 Å². The van der Waals surface area contributed by atoms with E-state index in [0.717, 1.165) is 129 Å². The average Bonchev–Trinajstić information content (AvgIpc) is 3.02. The van der Waals surface area contributed by atoms with E-state index in [0.29, 0.717) is 13.2 Å². The van der Waals surface area contributed by atoms with Crippen LogP contribution >= 0.6 is 0 Å². The summed E-state index contributed by atoms with van der Waals surface area (Å²) in [6, 6.07) is 0. The van der Waals surface area contributed by atoms with Gasteiger partial charge in [0.1, 0.15) is 0 Å². The van der Waals surface area contributed by atoms with Gasteiger partial charge in [0, 0.05) is 6.54 Å². The molecule has 0 aromatic carbocycles. The highest BCUT2D eigenvalue weighted by Gasteiger charge is 2.19. The van der Waals surface area contributed by atoms with Gasteiger partial charge >= 0.3 is 11.9 Å². The van der Waals surface area contributed by atoms with Crippen molar-refractivity contribution in [1.82, 2.24) is 4.90 Å². The van der Waals surface area contributed by atoms with E-state index < -0.39 is 0 Å². The molecule has 2 atom stereocenters. The normalized spacial score (nSPS) is 13.0. The lowest BCUT2D eigenvalue weighted by molar-refractivity contribution is -0.149. The van der Waals surface area contributed by atoms with Gasteiger partial charge in [-0.25, -0.2) is 0 Å². The molecular weight excluding hydrogens is 550 g/mol. The Labute approximate surface area is 273 Å². The summed E-state index contributed by atoms with van der Waals surface area (Å²) in [7, 11) is 0. The number of hydrogen-bond acceptors (Lipinski definition) is 6. The quantitative estimate of drug-likeness (QED) is 0.0445. The van der Waals surface area contributed by atoms with Crippen LogP contribution in [0.1, 0.15) is 169 Å². The largest absolute Gasteiger partial charge is 0.465 e. The molecule has 0 spiro atoms. The second kappa shape index (κ2) is 33.0. The van der Waals surface area contributed by atoms with Gasteiger partial charge in [-0.1, -0.05) is 130 Å². The van der Waals surface area contributed by atoms with Crippen LogP contribution in [-0.4, -0.2) is 61.4 Å². The zero-order valence-electron chi connectivity index (χ0n) is 29.6. The minimum Gasteiger partial charge on any atom is -0.465 e. The highest BCUT2D eigenvalue weighted by atomic mass is 16.5. The van der Waals surface area contributed by atoms with Crippen LogP contribution in [0.4, 0.5) is 0 Å². The average molecular weight is 624 g/mol. The summed E-state index contributed by atoms with van der Waals surface area (Å²) in [5, 5.41) is 9.50. The number of carbonyl (C=O) groups is 2. The molecule has 0 saturated carbocycles. The smallest absolute Gasteiger partial charge is 0.312 e. The monoisotopic (exact) mass is 624 g/mol. The van der Waals surface area contributed by atoms with Gasteiger partial charge in [0.05, 0.1) is 31.7 Å². The SMILES string of the molecule is CCCC/C=C/C(CCCC)C(=O)OCCCCCCN(CCO)CCCCCCOC(=O)C(CCCC)CCCCCC. The third-order valence-electron chi connectivity index (χ3n) is 8.55. The maximum absolute atomic E-state index is 12.6. The summed E-state index contributed by atoms with van der Waals surface area (Å²) in [6.07, 6.45) is 28.0. The Balaban J connectivity index is 4.06. The van der Waals surface area contributed by atoms with E-state index in [4.69, 9.17) is 9.47 Å². The summed E-state index contributed by atoms with van der Waals surface area (Å²) in [5.41, 5.74) is 0. The van der Waals surface area contributed by atoms with Gasteiger partial charge in [0.2, 0.25) is 0 Å². The molecule has 0 fully saturated rings. The van der Waals surface area contributed by atoms with Crippen molar-refractivity contribution in [3.63, 3.8) is 0 Å². The fourth-order valence-corrected chi connectivity index (χ4v) is 5.58. The van der Waals surface area contributed by atoms with E-state index in [1.807, 2.05) is 0 Å². The lowest BCUT2D eigenvalue weighted by Gasteiger charge is -2.21. The van der Waals surface area contributed by atoms with Crippen LogP contribution in [0.25, 0.3) is 0 Å². The number of esters is 2. The van der Waals surface area contributed by atoms with Crippen LogP contribution in [0, 0.1) is 11.8 Å². The van der Waals surface area contributed by atoms with Crippen molar-refractivity contribution in [3.05, 3.63) is 12.2 Å². The fraction of sp³-hybridized carbons (Fsp3) is 0.895. The lowest BCUT2D eigenvalue weighted by Crippen LogP contribution is -2.29. The van der Waals surface area contributed by atoms with Crippen molar-refractivity contribution in [2.24, 2.45) is 11.8 Å². The molecule has 1 N–H and O–H groups in total.